The molecule has 3 aliphatic heterocycles. The van der Waals surface area contributed by atoms with Gasteiger partial charge in [-0.05, 0) is 157 Å². The van der Waals surface area contributed by atoms with E-state index in [4.69, 9.17) is 5.73 Å². The summed E-state index contributed by atoms with van der Waals surface area (Å²) in [6.45, 7) is 4.65. The van der Waals surface area contributed by atoms with E-state index >= 15 is 0 Å². The average Bonchev–Trinajstić information content (AvgIpc) is 3.51. The third kappa shape index (κ3) is 7.95. The number of fused-ring (bicyclic) bond motifs is 9. The fourth-order valence-electron chi connectivity index (χ4n) is 12.4. The Morgan fingerprint density at radius 2 is 1.67 bits per heavy atom. The van der Waals surface area contributed by atoms with Crippen LogP contribution in [0.2, 0.25) is 0 Å². The molecular formula is C41H66N4O4. The molecule has 1 aromatic rings. The van der Waals surface area contributed by atoms with Crippen LogP contribution in [-0.4, -0.2) is 68.9 Å². The SMILES string of the molecule is CC1NC2(CCC1O)CCC1CC2CC2Cc3cccc(c3)CC3CC(C)(CC(N)N3)NCC(O)(CC(=O)O)CCC3(CCCC3)CCC12. The maximum atomic E-state index is 12.1. The first-order chi connectivity index (χ1) is 23.3. The van der Waals surface area contributed by atoms with Crippen LogP contribution in [0.15, 0.2) is 24.3 Å². The number of aliphatic hydroxyl groups excluding tert-OH is 1. The lowest BCUT2D eigenvalue weighted by Gasteiger charge is -2.58. The summed E-state index contributed by atoms with van der Waals surface area (Å²) in [7, 11) is 0. The van der Waals surface area contributed by atoms with E-state index in [0.717, 1.165) is 50.9 Å². The van der Waals surface area contributed by atoms with Crippen molar-refractivity contribution >= 4 is 5.97 Å². The molecule has 3 heterocycles. The Labute approximate surface area is 295 Å². The minimum atomic E-state index is -1.29. The molecule has 11 atom stereocenters. The second kappa shape index (κ2) is 14.1. The predicted octanol–water partition coefficient (Wildman–Crippen LogP) is 5.42. The van der Waals surface area contributed by atoms with Crippen molar-refractivity contribution in [1.29, 1.82) is 0 Å². The van der Waals surface area contributed by atoms with E-state index in [1.54, 1.807) is 0 Å². The predicted molar refractivity (Wildman–Crippen MR) is 194 cm³/mol. The number of rotatable bonds is 2. The minimum Gasteiger partial charge on any atom is -0.481 e. The molecule has 6 aliphatic rings. The molecule has 2 spiro atoms. The molecule has 2 saturated heterocycles. The molecule has 5 fully saturated rings. The van der Waals surface area contributed by atoms with Crippen molar-refractivity contribution < 1.29 is 20.1 Å². The maximum Gasteiger partial charge on any atom is 0.306 e. The number of carboxylic acids is 1. The summed E-state index contributed by atoms with van der Waals surface area (Å²) in [6.07, 6.45) is 18.8. The molecule has 8 heteroatoms. The van der Waals surface area contributed by atoms with Gasteiger partial charge in [0, 0.05) is 29.7 Å². The summed E-state index contributed by atoms with van der Waals surface area (Å²) in [5.41, 5.74) is 8.20. The first kappa shape index (κ1) is 35.8. The highest BCUT2D eigenvalue weighted by atomic mass is 16.4. The van der Waals surface area contributed by atoms with Gasteiger partial charge in [-0.2, -0.15) is 0 Å². The van der Waals surface area contributed by atoms with Crippen LogP contribution in [-0.2, 0) is 17.6 Å². The van der Waals surface area contributed by atoms with Crippen molar-refractivity contribution in [2.24, 2.45) is 34.8 Å². The largest absolute Gasteiger partial charge is 0.481 e. The van der Waals surface area contributed by atoms with Gasteiger partial charge in [-0.3, -0.25) is 10.1 Å². The number of β-amino-alcohol motifs (C(OH)–C–C–N with tert-alkyl or cyclic N) is 1. The molecular weight excluding hydrogens is 612 g/mol. The van der Waals surface area contributed by atoms with Crippen molar-refractivity contribution in [2.75, 3.05) is 6.54 Å². The smallest absolute Gasteiger partial charge is 0.306 e. The quantitative estimate of drug-likeness (QED) is 0.220. The zero-order valence-corrected chi connectivity index (χ0v) is 30.4. The molecule has 1 aromatic carbocycles. The number of carboxylic acid groups (broad SMARTS) is 1. The summed E-state index contributed by atoms with van der Waals surface area (Å²) in [6, 6.07) is 9.71. The highest BCUT2D eigenvalue weighted by molar-refractivity contribution is 5.68. The number of carbonyl (C=O) groups is 1. The number of aliphatic hydroxyl groups is 2. The topological polar surface area (TPSA) is 140 Å². The molecule has 3 aliphatic carbocycles. The molecule has 11 unspecified atom stereocenters. The Morgan fingerprint density at radius 1 is 0.939 bits per heavy atom. The molecule has 6 bridgehead atoms. The van der Waals surface area contributed by atoms with Gasteiger partial charge in [0.05, 0.1) is 24.3 Å². The fourth-order valence-corrected chi connectivity index (χ4v) is 12.4. The number of nitrogens with two attached hydrogens (primary N) is 1. The van der Waals surface area contributed by atoms with Gasteiger partial charge < -0.3 is 31.7 Å². The molecule has 0 aromatic heterocycles. The van der Waals surface area contributed by atoms with E-state index in [1.807, 2.05) is 0 Å². The Kier molecular flexibility index (Phi) is 10.3. The van der Waals surface area contributed by atoms with Crippen LogP contribution in [0.25, 0.3) is 0 Å². The number of benzene rings is 1. The van der Waals surface area contributed by atoms with Gasteiger partial charge in [-0.15, -0.1) is 0 Å². The number of piperidine rings is 2. The van der Waals surface area contributed by atoms with Gasteiger partial charge in [-0.1, -0.05) is 37.1 Å². The summed E-state index contributed by atoms with van der Waals surface area (Å²) >= 11 is 0. The fraction of sp³-hybridized carbons (Fsp3) is 0.829. The summed E-state index contributed by atoms with van der Waals surface area (Å²) in [5, 5.41) is 43.9. The van der Waals surface area contributed by atoms with Gasteiger partial charge in [-0.25, -0.2) is 0 Å². The van der Waals surface area contributed by atoms with E-state index in [1.165, 1.54) is 75.3 Å². The Bertz CT molecular complexity index is 1320. The zero-order chi connectivity index (χ0) is 34.4. The van der Waals surface area contributed by atoms with E-state index in [-0.39, 0.29) is 53.8 Å². The Balaban J connectivity index is 1.20. The van der Waals surface area contributed by atoms with Crippen LogP contribution in [0.1, 0.15) is 134 Å². The summed E-state index contributed by atoms with van der Waals surface area (Å²) in [4.78, 5) is 12.1. The van der Waals surface area contributed by atoms with Crippen LogP contribution in [0.4, 0.5) is 0 Å². The zero-order valence-electron chi connectivity index (χ0n) is 30.4. The van der Waals surface area contributed by atoms with Crippen LogP contribution >= 0.6 is 0 Å². The highest BCUT2D eigenvalue weighted by Crippen LogP contribution is 2.56. The van der Waals surface area contributed by atoms with Crippen molar-refractivity contribution in [3.8, 4) is 0 Å². The number of hydrogen-bond donors (Lipinski definition) is 7. The van der Waals surface area contributed by atoms with Gasteiger partial charge in [0.2, 0.25) is 0 Å². The van der Waals surface area contributed by atoms with Crippen molar-refractivity contribution in [2.45, 2.75) is 177 Å². The maximum absolute atomic E-state index is 12.1. The minimum absolute atomic E-state index is 0.158. The first-order valence-electron chi connectivity index (χ1n) is 20.1. The lowest BCUT2D eigenvalue weighted by Crippen LogP contribution is -2.64. The number of nitrogens with one attached hydrogen (secondary N) is 3. The summed E-state index contributed by atoms with van der Waals surface area (Å²) < 4.78 is 0. The number of aliphatic carboxylic acids is 1. The standard InChI is InChI=1S/C41H66N4O4/c1-27-35(46)10-15-41(45-27)14-8-30-21-32(41)22-31-19-28-6-5-7-29(18-28)20-33-23-38(2,24-36(42)44-33)43-26-40(49,25-37(47)48)17-16-39(11-3-4-12-39)13-9-34(30)31/h5-7,18,27,30-36,43-46,49H,3-4,8-17,19-26,42H2,1-2H3,(H,47,48). The molecule has 8 nitrogen and oxygen atoms in total. The summed E-state index contributed by atoms with van der Waals surface area (Å²) in [5.74, 6) is 1.80. The second-order valence-corrected chi connectivity index (χ2v) is 18.6. The number of hydrogen-bond acceptors (Lipinski definition) is 7. The van der Waals surface area contributed by atoms with E-state index in [0.29, 0.717) is 24.2 Å². The normalized spacial score (nSPS) is 44.5. The van der Waals surface area contributed by atoms with Gasteiger partial charge >= 0.3 is 5.97 Å². The molecule has 274 valence electrons. The monoisotopic (exact) mass is 679 g/mol. The van der Waals surface area contributed by atoms with Crippen molar-refractivity contribution in [3.63, 3.8) is 0 Å². The molecule has 0 radical (unpaired) electrons. The molecule has 49 heavy (non-hydrogen) atoms. The molecule has 0 amide bonds. The van der Waals surface area contributed by atoms with Gasteiger partial charge in [0.1, 0.15) is 0 Å². The van der Waals surface area contributed by atoms with E-state index in [9.17, 15) is 20.1 Å². The molecule has 8 N–H and O–H groups in total. The first-order valence-corrected chi connectivity index (χ1v) is 20.1. The van der Waals surface area contributed by atoms with E-state index < -0.39 is 11.6 Å². The second-order valence-electron chi connectivity index (χ2n) is 18.6. The highest BCUT2D eigenvalue weighted by Gasteiger charge is 2.53. The van der Waals surface area contributed by atoms with Gasteiger partial charge in [0.15, 0.2) is 0 Å². The third-order valence-electron chi connectivity index (χ3n) is 15.0. The lowest BCUT2D eigenvalue weighted by atomic mass is 9.52. The Morgan fingerprint density at radius 3 is 2.43 bits per heavy atom. The average molecular weight is 679 g/mol. The van der Waals surface area contributed by atoms with Gasteiger partial charge in [0.25, 0.3) is 0 Å². The van der Waals surface area contributed by atoms with Crippen molar-refractivity contribution in [1.82, 2.24) is 16.0 Å². The van der Waals surface area contributed by atoms with Crippen molar-refractivity contribution in [3.05, 3.63) is 35.4 Å². The van der Waals surface area contributed by atoms with Crippen LogP contribution < -0.4 is 21.7 Å². The van der Waals surface area contributed by atoms with Crippen LogP contribution in [0, 0.1) is 29.1 Å². The molecule has 3 saturated carbocycles. The third-order valence-corrected chi connectivity index (χ3v) is 15.0. The lowest BCUT2D eigenvalue weighted by molar-refractivity contribution is -0.143. The van der Waals surface area contributed by atoms with E-state index in [2.05, 4.69) is 54.1 Å². The Hall–Kier alpha value is -1.55. The van der Waals surface area contributed by atoms with Crippen LogP contribution in [0.3, 0.4) is 0 Å². The molecule has 7 rings (SSSR count). The van der Waals surface area contributed by atoms with Crippen LogP contribution in [0.5, 0.6) is 0 Å².